The summed E-state index contributed by atoms with van der Waals surface area (Å²) >= 11 is 0. The molecule has 0 saturated carbocycles. The van der Waals surface area contributed by atoms with Gasteiger partial charge >= 0.3 is 0 Å². The lowest BCUT2D eigenvalue weighted by atomic mass is 10.1. The van der Waals surface area contributed by atoms with E-state index in [2.05, 4.69) is 15.8 Å². The van der Waals surface area contributed by atoms with Crippen LogP contribution in [0, 0.1) is 0 Å². The predicted molar refractivity (Wildman–Crippen MR) is 117 cm³/mol. The molecule has 0 saturated heterocycles. The Bertz CT molecular complexity index is 1060. The Balaban J connectivity index is 1.77. The van der Waals surface area contributed by atoms with Gasteiger partial charge in [0.05, 0.1) is 25.3 Å². The summed E-state index contributed by atoms with van der Waals surface area (Å²) in [7, 11) is 0. The van der Waals surface area contributed by atoms with E-state index in [1.807, 2.05) is 45.0 Å². The van der Waals surface area contributed by atoms with E-state index in [-0.39, 0.29) is 11.3 Å². The number of carbonyl (C=O) groups excluding carboxylic acids is 2. The maximum atomic E-state index is 12.7. The van der Waals surface area contributed by atoms with Crippen LogP contribution in [0.25, 0.3) is 10.9 Å². The van der Waals surface area contributed by atoms with E-state index < -0.39 is 11.8 Å². The normalized spacial score (nSPS) is 10.4. The van der Waals surface area contributed by atoms with Crippen LogP contribution in [-0.4, -0.2) is 36.6 Å². The van der Waals surface area contributed by atoms with Crippen molar-refractivity contribution in [2.24, 2.45) is 0 Å². The van der Waals surface area contributed by atoms with E-state index in [1.165, 1.54) is 0 Å². The van der Waals surface area contributed by atoms with Crippen molar-refractivity contribution < 1.29 is 23.8 Å². The number of ether oxygens (including phenoxy) is 3. The molecule has 8 nitrogen and oxygen atoms in total. The first-order valence-electron chi connectivity index (χ1n) is 10.1. The van der Waals surface area contributed by atoms with Gasteiger partial charge in [0.25, 0.3) is 11.8 Å². The van der Waals surface area contributed by atoms with Gasteiger partial charge in [-0.05, 0) is 45.0 Å². The summed E-state index contributed by atoms with van der Waals surface area (Å²) < 4.78 is 16.9. The van der Waals surface area contributed by atoms with Crippen LogP contribution in [0.2, 0.25) is 0 Å². The average Bonchev–Trinajstić information content (AvgIpc) is 2.79. The number of pyridine rings is 1. The lowest BCUT2D eigenvalue weighted by molar-refractivity contribution is 0.0843. The first-order valence-corrected chi connectivity index (χ1v) is 10.1. The maximum absolute atomic E-state index is 12.7. The van der Waals surface area contributed by atoms with Crippen molar-refractivity contribution in [1.82, 2.24) is 15.8 Å². The molecule has 31 heavy (non-hydrogen) atoms. The summed E-state index contributed by atoms with van der Waals surface area (Å²) in [5, 5.41) is 0.921. The van der Waals surface area contributed by atoms with E-state index in [4.69, 9.17) is 14.2 Å². The molecule has 0 fully saturated rings. The number of aromatic nitrogens is 1. The number of benzene rings is 2. The van der Waals surface area contributed by atoms with Crippen molar-refractivity contribution in [2.45, 2.75) is 20.8 Å². The van der Waals surface area contributed by atoms with Crippen LogP contribution in [0.15, 0.2) is 48.5 Å². The summed E-state index contributed by atoms with van der Waals surface area (Å²) in [6.45, 7) is 6.71. The summed E-state index contributed by atoms with van der Waals surface area (Å²) in [6, 6.07) is 14.0. The first-order chi connectivity index (χ1) is 15.1. The minimum atomic E-state index is -0.529. The fraction of sp³-hybridized carbons (Fsp3) is 0.261. The van der Waals surface area contributed by atoms with Gasteiger partial charge in [-0.25, -0.2) is 4.98 Å². The molecule has 162 valence electrons. The molecule has 1 aromatic heterocycles. The molecular weight excluding hydrogens is 398 g/mol. The lowest BCUT2D eigenvalue weighted by Gasteiger charge is -2.17. The van der Waals surface area contributed by atoms with Crippen molar-refractivity contribution in [3.63, 3.8) is 0 Å². The highest BCUT2D eigenvalue weighted by atomic mass is 16.5. The Morgan fingerprint density at radius 1 is 0.806 bits per heavy atom. The fourth-order valence-electron chi connectivity index (χ4n) is 2.96. The van der Waals surface area contributed by atoms with Gasteiger partial charge < -0.3 is 14.2 Å². The summed E-state index contributed by atoms with van der Waals surface area (Å²) in [6.07, 6.45) is 0. The largest absolute Gasteiger partial charge is 0.490 e. The second kappa shape index (κ2) is 10.3. The number of carbonyl (C=O) groups is 2. The third kappa shape index (κ3) is 5.22. The van der Waals surface area contributed by atoms with Crippen LogP contribution in [0.4, 0.5) is 0 Å². The van der Waals surface area contributed by atoms with Crippen molar-refractivity contribution in [2.75, 3.05) is 19.8 Å². The lowest BCUT2D eigenvalue weighted by Crippen LogP contribution is -2.42. The standard InChI is InChI=1S/C23H25N3O5/c1-4-29-19-13-16(14-20(30-5-2)21(19)31-6-3)22(27)25-26-23(28)18-12-11-15-9-7-8-10-17(15)24-18/h7-14H,4-6H2,1-3H3,(H,25,27)(H,26,28). The number of amides is 2. The summed E-state index contributed by atoms with van der Waals surface area (Å²) in [5.41, 5.74) is 5.93. The SMILES string of the molecule is CCOc1cc(C(=O)NNC(=O)c2ccc3ccccc3n2)cc(OCC)c1OCC. The van der Waals surface area contributed by atoms with Gasteiger partial charge in [-0.1, -0.05) is 24.3 Å². The molecule has 0 aliphatic heterocycles. The molecule has 3 aromatic rings. The molecule has 2 amide bonds. The van der Waals surface area contributed by atoms with Crippen molar-refractivity contribution in [1.29, 1.82) is 0 Å². The number of nitrogens with zero attached hydrogens (tertiary/aromatic N) is 1. The molecular formula is C23H25N3O5. The van der Waals surface area contributed by atoms with Crippen molar-refractivity contribution in [3.8, 4) is 17.2 Å². The van der Waals surface area contributed by atoms with Crippen LogP contribution < -0.4 is 25.1 Å². The predicted octanol–water partition coefficient (Wildman–Crippen LogP) is 3.51. The van der Waals surface area contributed by atoms with Gasteiger partial charge in [0.15, 0.2) is 11.5 Å². The molecule has 0 aliphatic carbocycles. The Morgan fingerprint density at radius 2 is 1.42 bits per heavy atom. The molecule has 2 aromatic carbocycles. The van der Waals surface area contributed by atoms with Crippen molar-refractivity contribution in [3.05, 3.63) is 59.8 Å². The Labute approximate surface area is 180 Å². The number of para-hydroxylation sites is 1. The van der Waals surface area contributed by atoms with Crippen LogP contribution in [0.3, 0.4) is 0 Å². The van der Waals surface area contributed by atoms with Crippen molar-refractivity contribution >= 4 is 22.7 Å². The molecule has 8 heteroatoms. The second-order valence-corrected chi connectivity index (χ2v) is 6.40. The van der Waals surface area contributed by atoms with E-state index in [0.717, 1.165) is 5.39 Å². The number of rotatable bonds is 8. The van der Waals surface area contributed by atoms with Crippen LogP contribution in [-0.2, 0) is 0 Å². The van der Waals surface area contributed by atoms with E-state index in [1.54, 1.807) is 24.3 Å². The molecule has 1 heterocycles. The van der Waals surface area contributed by atoms with Gasteiger partial charge in [-0.3, -0.25) is 20.4 Å². The zero-order valence-corrected chi connectivity index (χ0v) is 17.7. The molecule has 0 spiro atoms. The van der Waals surface area contributed by atoms with E-state index >= 15 is 0 Å². The smallest absolute Gasteiger partial charge is 0.288 e. The molecule has 0 unspecified atom stereocenters. The molecule has 3 rings (SSSR count). The van der Waals surface area contributed by atoms with E-state index in [9.17, 15) is 9.59 Å². The zero-order chi connectivity index (χ0) is 22.2. The highest BCUT2D eigenvalue weighted by Crippen LogP contribution is 2.39. The molecule has 0 bridgehead atoms. The molecule has 0 atom stereocenters. The van der Waals surface area contributed by atoms with Gasteiger partial charge in [-0.15, -0.1) is 0 Å². The minimum Gasteiger partial charge on any atom is -0.490 e. The second-order valence-electron chi connectivity index (χ2n) is 6.40. The first kappa shape index (κ1) is 21.9. The number of fused-ring (bicyclic) bond motifs is 1. The summed E-state index contributed by atoms with van der Waals surface area (Å²) in [4.78, 5) is 29.4. The molecule has 0 aliphatic rings. The fourth-order valence-corrected chi connectivity index (χ4v) is 2.96. The highest BCUT2D eigenvalue weighted by Gasteiger charge is 2.19. The number of hydrogen-bond acceptors (Lipinski definition) is 6. The molecule has 2 N–H and O–H groups in total. The van der Waals surface area contributed by atoms with Crippen LogP contribution in [0.1, 0.15) is 41.6 Å². The third-order valence-electron chi connectivity index (χ3n) is 4.29. The number of hydrazine groups is 1. The van der Waals surface area contributed by atoms with E-state index in [0.29, 0.717) is 42.6 Å². The quantitative estimate of drug-likeness (QED) is 0.538. The summed E-state index contributed by atoms with van der Waals surface area (Å²) in [5.74, 6) is 0.164. The van der Waals surface area contributed by atoms with Gasteiger partial charge in [0.1, 0.15) is 5.69 Å². The Hall–Kier alpha value is -3.81. The Morgan fingerprint density at radius 3 is 2.06 bits per heavy atom. The van der Waals surface area contributed by atoms with Gasteiger partial charge in [0.2, 0.25) is 5.75 Å². The van der Waals surface area contributed by atoms with Gasteiger partial charge in [0, 0.05) is 10.9 Å². The number of nitrogens with one attached hydrogen (secondary N) is 2. The number of hydrogen-bond donors (Lipinski definition) is 2. The highest BCUT2D eigenvalue weighted by molar-refractivity contribution is 5.99. The zero-order valence-electron chi connectivity index (χ0n) is 17.7. The maximum Gasteiger partial charge on any atom is 0.288 e. The minimum absolute atomic E-state index is 0.190. The van der Waals surface area contributed by atoms with Crippen LogP contribution >= 0.6 is 0 Å². The molecule has 0 radical (unpaired) electrons. The third-order valence-corrected chi connectivity index (χ3v) is 4.29. The van der Waals surface area contributed by atoms with Gasteiger partial charge in [-0.2, -0.15) is 0 Å². The topological polar surface area (TPSA) is 98.8 Å². The Kier molecular flexibility index (Phi) is 7.26. The average molecular weight is 423 g/mol. The monoisotopic (exact) mass is 423 g/mol. The van der Waals surface area contributed by atoms with Crippen LogP contribution in [0.5, 0.6) is 17.2 Å².